The van der Waals surface area contributed by atoms with Crippen LogP contribution in [0.25, 0.3) is 0 Å². The van der Waals surface area contributed by atoms with Gasteiger partial charge in [0.2, 0.25) is 5.79 Å². The molecule has 108 valence electrons. The first-order valence-electron chi connectivity index (χ1n) is 4.57. The number of hydrogen-bond donors (Lipinski definition) is 8. The van der Waals surface area contributed by atoms with Crippen LogP contribution in [0.3, 0.4) is 0 Å². The van der Waals surface area contributed by atoms with Crippen LogP contribution in [0.1, 0.15) is 0 Å². The normalized spacial score (nSPS) is 46.1. The molecule has 0 aliphatic carbocycles. The van der Waals surface area contributed by atoms with E-state index in [0.717, 1.165) is 0 Å². The van der Waals surface area contributed by atoms with Crippen molar-refractivity contribution in [1.29, 1.82) is 0 Å². The number of rotatable bonds is 3. The third-order valence-corrected chi connectivity index (χ3v) is 2.96. The maximum Gasteiger partial charge on any atom is 0.472 e. The summed E-state index contributed by atoms with van der Waals surface area (Å²) in [5.74, 6) is -2.89. The van der Waals surface area contributed by atoms with Crippen molar-refractivity contribution in [2.24, 2.45) is 5.73 Å². The number of ether oxygens (including phenoxy) is 1. The van der Waals surface area contributed by atoms with Crippen molar-refractivity contribution in [3.63, 3.8) is 0 Å². The Kier molecular flexibility index (Phi) is 4.18. The van der Waals surface area contributed by atoms with Crippen LogP contribution < -0.4 is 5.73 Å². The average Bonchev–Trinajstić information content (AvgIpc) is 2.22. The number of phosphoric ester groups is 1. The monoisotopic (exact) mass is 291 g/mol. The Morgan fingerprint density at radius 1 is 1.33 bits per heavy atom. The van der Waals surface area contributed by atoms with Gasteiger partial charge in [0, 0.05) is 0 Å². The van der Waals surface area contributed by atoms with Crippen molar-refractivity contribution >= 4 is 7.82 Å². The molecule has 1 unspecified atom stereocenters. The standard InChI is InChI=1S/C6H14NO10P/c7-6(12)2(9)3(10)16-5(1-8,4(6)11)17-18(13,14)15/h2-4,8-12H,1,7H2,(H2,13,14,15)/t2-,3?,4+,5+,6-/m0/s1. The van der Waals surface area contributed by atoms with Crippen molar-refractivity contribution < 1.29 is 49.1 Å². The fraction of sp³-hybridized carbons (Fsp3) is 1.00. The molecule has 11 nitrogen and oxygen atoms in total. The molecule has 1 aliphatic rings. The molecular weight excluding hydrogens is 277 g/mol. The van der Waals surface area contributed by atoms with Gasteiger partial charge in [0.1, 0.15) is 12.7 Å². The van der Waals surface area contributed by atoms with Crippen LogP contribution >= 0.6 is 7.82 Å². The topological polar surface area (TPSA) is 203 Å². The van der Waals surface area contributed by atoms with Crippen LogP contribution in [0.4, 0.5) is 0 Å². The minimum absolute atomic E-state index is 1.36. The molecule has 5 atom stereocenters. The Hall–Kier alpha value is -0.170. The lowest BCUT2D eigenvalue weighted by atomic mass is 9.90. The van der Waals surface area contributed by atoms with Crippen LogP contribution in [0.5, 0.6) is 0 Å². The maximum atomic E-state index is 10.7. The fourth-order valence-corrected chi connectivity index (χ4v) is 2.10. The van der Waals surface area contributed by atoms with Crippen LogP contribution in [0, 0.1) is 0 Å². The molecule has 0 radical (unpaired) electrons. The lowest BCUT2D eigenvalue weighted by Gasteiger charge is -2.49. The van der Waals surface area contributed by atoms with E-state index in [2.05, 4.69) is 9.26 Å². The summed E-state index contributed by atoms with van der Waals surface area (Å²) < 4.78 is 19.1. The van der Waals surface area contributed by atoms with Crippen LogP contribution in [-0.4, -0.2) is 71.9 Å². The van der Waals surface area contributed by atoms with Crippen molar-refractivity contribution in [2.75, 3.05) is 6.61 Å². The predicted molar refractivity (Wildman–Crippen MR) is 51.2 cm³/mol. The Morgan fingerprint density at radius 3 is 2.22 bits per heavy atom. The number of nitrogens with two attached hydrogens (primary N) is 1. The summed E-state index contributed by atoms with van der Waals surface area (Å²) in [6, 6.07) is 0. The van der Waals surface area contributed by atoms with Crippen molar-refractivity contribution in [2.45, 2.75) is 30.0 Å². The maximum absolute atomic E-state index is 10.7. The molecule has 0 spiro atoms. The van der Waals surface area contributed by atoms with E-state index >= 15 is 0 Å². The van der Waals surface area contributed by atoms with E-state index in [9.17, 15) is 25.0 Å². The Bertz CT molecular complexity index is 356. The highest BCUT2D eigenvalue weighted by Gasteiger charge is 2.63. The van der Waals surface area contributed by atoms with Gasteiger partial charge >= 0.3 is 7.82 Å². The summed E-state index contributed by atoms with van der Waals surface area (Å²) in [4.78, 5) is 17.3. The summed E-state index contributed by atoms with van der Waals surface area (Å²) in [5.41, 5.74) is 2.18. The Labute approximate surface area is 100 Å². The molecule has 9 N–H and O–H groups in total. The van der Waals surface area contributed by atoms with Gasteiger partial charge in [-0.25, -0.2) is 9.09 Å². The number of aliphatic hydroxyl groups excluding tert-OH is 4. The molecule has 0 aromatic heterocycles. The van der Waals surface area contributed by atoms with Gasteiger partial charge in [-0.15, -0.1) is 0 Å². The van der Waals surface area contributed by atoms with Crippen LogP contribution in [0.15, 0.2) is 0 Å². The number of hydrogen-bond acceptors (Lipinski definition) is 9. The molecule has 0 bridgehead atoms. The summed E-state index contributed by atoms with van der Waals surface area (Å²) >= 11 is 0. The first-order valence-corrected chi connectivity index (χ1v) is 6.10. The van der Waals surface area contributed by atoms with Crippen molar-refractivity contribution in [1.82, 2.24) is 0 Å². The molecule has 12 heteroatoms. The molecule has 1 heterocycles. The van der Waals surface area contributed by atoms with Gasteiger partial charge in [0.25, 0.3) is 0 Å². The molecule has 1 aliphatic heterocycles. The first kappa shape index (κ1) is 15.9. The lowest BCUT2D eigenvalue weighted by molar-refractivity contribution is -0.405. The third-order valence-electron chi connectivity index (χ3n) is 2.41. The molecule has 1 fully saturated rings. The summed E-state index contributed by atoms with van der Waals surface area (Å²) in [6.07, 6.45) is -6.88. The first-order chi connectivity index (χ1) is 7.96. The van der Waals surface area contributed by atoms with Gasteiger partial charge in [0.05, 0.1) is 0 Å². The second-order valence-electron chi connectivity index (χ2n) is 3.79. The molecule has 1 saturated heterocycles. The quantitative estimate of drug-likeness (QED) is 0.184. The number of phosphoric acid groups is 1. The minimum Gasteiger partial charge on any atom is -0.391 e. The second kappa shape index (κ2) is 4.74. The third kappa shape index (κ3) is 2.71. The van der Waals surface area contributed by atoms with Gasteiger partial charge in [-0.05, 0) is 0 Å². The van der Waals surface area contributed by atoms with Crippen molar-refractivity contribution in [3.05, 3.63) is 0 Å². The molecule has 18 heavy (non-hydrogen) atoms. The number of aliphatic hydroxyl groups is 5. The summed E-state index contributed by atoms with van der Waals surface area (Å²) in [6.45, 7) is -1.36. The lowest BCUT2D eigenvalue weighted by Crippen LogP contribution is -2.76. The summed E-state index contributed by atoms with van der Waals surface area (Å²) in [7, 11) is -5.26. The zero-order valence-electron chi connectivity index (χ0n) is 8.82. The van der Waals surface area contributed by atoms with E-state index in [1.165, 1.54) is 0 Å². The smallest absolute Gasteiger partial charge is 0.391 e. The van der Waals surface area contributed by atoms with E-state index in [-0.39, 0.29) is 0 Å². The summed E-state index contributed by atoms with van der Waals surface area (Å²) in [5, 5.41) is 46.6. The highest BCUT2D eigenvalue weighted by Crippen LogP contribution is 2.46. The van der Waals surface area contributed by atoms with Gasteiger partial charge in [-0.2, -0.15) is 0 Å². The van der Waals surface area contributed by atoms with Gasteiger partial charge in [-0.1, -0.05) is 0 Å². The average molecular weight is 291 g/mol. The molecule has 0 saturated carbocycles. The van der Waals surface area contributed by atoms with Gasteiger partial charge in [0.15, 0.2) is 18.1 Å². The highest BCUT2D eigenvalue weighted by atomic mass is 31.2. The van der Waals surface area contributed by atoms with E-state index < -0.39 is 44.4 Å². The van der Waals surface area contributed by atoms with Gasteiger partial charge < -0.3 is 40.1 Å². The Balaban J connectivity index is 3.16. The molecule has 0 amide bonds. The van der Waals surface area contributed by atoms with E-state index in [0.29, 0.717) is 0 Å². The molecular formula is C6H14NO10P. The predicted octanol–water partition coefficient (Wildman–Crippen LogP) is -4.50. The second-order valence-corrected chi connectivity index (χ2v) is 4.96. The van der Waals surface area contributed by atoms with Crippen LogP contribution in [-0.2, 0) is 13.8 Å². The van der Waals surface area contributed by atoms with E-state index in [1.807, 2.05) is 0 Å². The van der Waals surface area contributed by atoms with Crippen LogP contribution in [0.2, 0.25) is 0 Å². The molecule has 1 rings (SSSR count). The SMILES string of the molecule is N[C@@]1(O)[C@H](O)[C@@](CO)(OP(=O)(O)O)OC(O)[C@@H]1O. The highest BCUT2D eigenvalue weighted by molar-refractivity contribution is 7.46. The van der Waals surface area contributed by atoms with Gasteiger partial charge in [-0.3, -0.25) is 5.73 Å². The fourth-order valence-electron chi connectivity index (χ4n) is 1.50. The zero-order valence-corrected chi connectivity index (χ0v) is 9.71. The Morgan fingerprint density at radius 2 is 1.83 bits per heavy atom. The minimum atomic E-state index is -5.26. The molecule has 0 aromatic carbocycles. The van der Waals surface area contributed by atoms with E-state index in [1.54, 1.807) is 0 Å². The largest absolute Gasteiger partial charge is 0.472 e. The van der Waals surface area contributed by atoms with Crippen molar-refractivity contribution in [3.8, 4) is 0 Å². The van der Waals surface area contributed by atoms with E-state index in [4.69, 9.17) is 20.6 Å². The molecule has 0 aromatic rings. The zero-order chi connectivity index (χ0) is 14.4.